The van der Waals surface area contributed by atoms with E-state index in [4.69, 9.17) is 0 Å². The van der Waals surface area contributed by atoms with E-state index >= 15 is 0 Å². The summed E-state index contributed by atoms with van der Waals surface area (Å²) < 4.78 is 22.7. The molecule has 0 spiro atoms. The van der Waals surface area contributed by atoms with Crippen LogP contribution in [0.5, 0.6) is 0 Å². The van der Waals surface area contributed by atoms with Gasteiger partial charge in [0.1, 0.15) is 5.82 Å². The van der Waals surface area contributed by atoms with E-state index < -0.39 is 9.84 Å². The molecule has 0 aromatic carbocycles. The third kappa shape index (κ3) is 3.02. The van der Waals surface area contributed by atoms with Crippen LogP contribution in [-0.2, 0) is 9.84 Å². The topological polar surface area (TPSA) is 50.3 Å². The van der Waals surface area contributed by atoms with Gasteiger partial charge >= 0.3 is 0 Å². The SMILES string of the molecule is CCC1CCN(c2ccc(S(C)(=O)=O)cn2)CC1. The van der Waals surface area contributed by atoms with Crippen LogP contribution in [0.2, 0.25) is 0 Å². The number of anilines is 1. The number of hydrogen-bond acceptors (Lipinski definition) is 4. The fourth-order valence-corrected chi connectivity index (χ4v) is 2.91. The number of aromatic nitrogens is 1. The lowest BCUT2D eigenvalue weighted by molar-refractivity contribution is 0.393. The summed E-state index contributed by atoms with van der Waals surface area (Å²) in [6.07, 6.45) is 6.30. The highest BCUT2D eigenvalue weighted by atomic mass is 32.2. The van der Waals surface area contributed by atoms with Gasteiger partial charge < -0.3 is 4.90 Å². The Morgan fingerprint density at radius 3 is 2.44 bits per heavy atom. The molecule has 5 heteroatoms. The summed E-state index contributed by atoms with van der Waals surface area (Å²) in [6.45, 7) is 4.27. The van der Waals surface area contributed by atoms with E-state index in [1.807, 2.05) is 6.07 Å². The van der Waals surface area contributed by atoms with E-state index in [0.29, 0.717) is 0 Å². The van der Waals surface area contributed by atoms with E-state index in [9.17, 15) is 8.42 Å². The Bertz CT molecular complexity index is 488. The molecule has 1 fully saturated rings. The van der Waals surface area contributed by atoms with Crippen molar-refractivity contribution in [3.05, 3.63) is 18.3 Å². The number of sulfone groups is 1. The molecule has 0 bridgehead atoms. The second-order valence-electron chi connectivity index (χ2n) is 4.96. The highest BCUT2D eigenvalue weighted by molar-refractivity contribution is 7.90. The summed E-state index contributed by atoms with van der Waals surface area (Å²) in [5, 5.41) is 0. The highest BCUT2D eigenvalue weighted by Gasteiger charge is 2.19. The standard InChI is InChI=1S/C13H20N2O2S/c1-3-11-6-8-15(9-7-11)13-5-4-12(10-14-13)18(2,16)17/h4-5,10-11H,3,6-9H2,1-2H3. The summed E-state index contributed by atoms with van der Waals surface area (Å²) >= 11 is 0. The monoisotopic (exact) mass is 268 g/mol. The maximum Gasteiger partial charge on any atom is 0.177 e. The molecule has 1 aromatic rings. The Kier molecular flexibility index (Phi) is 3.90. The Labute approximate surface area is 109 Å². The molecular formula is C13H20N2O2S. The molecule has 0 saturated carbocycles. The van der Waals surface area contributed by atoms with E-state index in [-0.39, 0.29) is 4.90 Å². The van der Waals surface area contributed by atoms with E-state index in [0.717, 1.165) is 24.8 Å². The lowest BCUT2D eigenvalue weighted by Gasteiger charge is -2.32. The molecule has 0 N–H and O–H groups in total. The predicted octanol–water partition coefficient (Wildman–Crippen LogP) is 2.11. The molecule has 0 aliphatic carbocycles. The van der Waals surface area contributed by atoms with Gasteiger partial charge in [-0.2, -0.15) is 0 Å². The van der Waals surface area contributed by atoms with Crippen LogP contribution in [0.15, 0.2) is 23.2 Å². The van der Waals surface area contributed by atoms with Gasteiger partial charge in [-0.05, 0) is 30.9 Å². The van der Waals surface area contributed by atoms with Gasteiger partial charge in [0.15, 0.2) is 9.84 Å². The Morgan fingerprint density at radius 2 is 2.00 bits per heavy atom. The number of pyridine rings is 1. The first-order valence-corrected chi connectivity index (χ1v) is 8.31. The maximum absolute atomic E-state index is 11.3. The van der Waals surface area contributed by atoms with Crippen LogP contribution in [0, 0.1) is 5.92 Å². The van der Waals surface area contributed by atoms with Crippen molar-refractivity contribution in [3.63, 3.8) is 0 Å². The van der Waals surface area contributed by atoms with Crippen LogP contribution in [0.25, 0.3) is 0 Å². The first-order valence-electron chi connectivity index (χ1n) is 6.41. The van der Waals surface area contributed by atoms with Crippen molar-refractivity contribution < 1.29 is 8.42 Å². The normalized spacial score (nSPS) is 18.0. The van der Waals surface area contributed by atoms with Crippen molar-refractivity contribution >= 4 is 15.7 Å². The van der Waals surface area contributed by atoms with Crippen molar-refractivity contribution in [3.8, 4) is 0 Å². The van der Waals surface area contributed by atoms with E-state index in [1.165, 1.54) is 31.7 Å². The van der Waals surface area contributed by atoms with Crippen molar-refractivity contribution in [1.82, 2.24) is 4.98 Å². The zero-order valence-electron chi connectivity index (χ0n) is 11.0. The van der Waals surface area contributed by atoms with Crippen LogP contribution in [-0.4, -0.2) is 32.7 Å². The average Bonchev–Trinajstić information content (AvgIpc) is 2.38. The van der Waals surface area contributed by atoms with Gasteiger partial charge in [-0.25, -0.2) is 13.4 Å². The lowest BCUT2D eigenvalue weighted by Crippen LogP contribution is -2.34. The fraction of sp³-hybridized carbons (Fsp3) is 0.615. The lowest BCUT2D eigenvalue weighted by atomic mass is 9.94. The first-order chi connectivity index (χ1) is 8.50. The molecule has 2 rings (SSSR count). The number of rotatable bonds is 3. The molecule has 18 heavy (non-hydrogen) atoms. The summed E-state index contributed by atoms with van der Waals surface area (Å²) in [4.78, 5) is 6.79. The number of hydrogen-bond donors (Lipinski definition) is 0. The van der Waals surface area contributed by atoms with Gasteiger partial charge in [-0.1, -0.05) is 13.3 Å². The minimum Gasteiger partial charge on any atom is -0.357 e. The van der Waals surface area contributed by atoms with Crippen LogP contribution in [0.1, 0.15) is 26.2 Å². The fourth-order valence-electron chi connectivity index (χ4n) is 2.35. The highest BCUT2D eigenvalue weighted by Crippen LogP contribution is 2.24. The average molecular weight is 268 g/mol. The zero-order valence-corrected chi connectivity index (χ0v) is 11.8. The summed E-state index contributed by atoms with van der Waals surface area (Å²) in [5.41, 5.74) is 0. The molecular weight excluding hydrogens is 248 g/mol. The smallest absolute Gasteiger partial charge is 0.177 e. The molecule has 0 atom stereocenters. The molecule has 1 saturated heterocycles. The van der Waals surface area contributed by atoms with Crippen LogP contribution >= 0.6 is 0 Å². The van der Waals surface area contributed by atoms with Gasteiger partial charge in [0, 0.05) is 25.5 Å². The minimum absolute atomic E-state index is 0.287. The van der Waals surface area contributed by atoms with Crippen LogP contribution in [0.3, 0.4) is 0 Å². The van der Waals surface area contributed by atoms with Crippen molar-refractivity contribution in [2.45, 2.75) is 31.1 Å². The van der Waals surface area contributed by atoms with Crippen LogP contribution < -0.4 is 4.90 Å². The second kappa shape index (κ2) is 5.26. The van der Waals surface area contributed by atoms with Crippen molar-refractivity contribution in [1.29, 1.82) is 0 Å². The summed E-state index contributed by atoms with van der Waals surface area (Å²) in [6, 6.07) is 3.45. The molecule has 1 aliphatic rings. The van der Waals surface area contributed by atoms with E-state index in [1.54, 1.807) is 6.07 Å². The van der Waals surface area contributed by atoms with Gasteiger partial charge in [0.2, 0.25) is 0 Å². The van der Waals surface area contributed by atoms with Gasteiger partial charge in [-0.15, -0.1) is 0 Å². The van der Waals surface area contributed by atoms with Gasteiger partial charge in [0.25, 0.3) is 0 Å². The van der Waals surface area contributed by atoms with Crippen molar-refractivity contribution in [2.75, 3.05) is 24.2 Å². The first kappa shape index (κ1) is 13.3. The predicted molar refractivity (Wildman–Crippen MR) is 72.6 cm³/mol. The maximum atomic E-state index is 11.3. The second-order valence-corrected chi connectivity index (χ2v) is 6.98. The summed E-state index contributed by atoms with van der Waals surface area (Å²) in [7, 11) is -3.14. The number of piperidine rings is 1. The van der Waals surface area contributed by atoms with Gasteiger partial charge in [0.05, 0.1) is 4.90 Å². The molecule has 4 nitrogen and oxygen atoms in total. The zero-order chi connectivity index (χ0) is 13.2. The van der Waals surface area contributed by atoms with Crippen molar-refractivity contribution in [2.24, 2.45) is 5.92 Å². The molecule has 1 aliphatic heterocycles. The third-order valence-electron chi connectivity index (χ3n) is 3.66. The molecule has 0 amide bonds. The Morgan fingerprint density at radius 1 is 1.33 bits per heavy atom. The number of nitrogens with zero attached hydrogens (tertiary/aromatic N) is 2. The van der Waals surface area contributed by atoms with E-state index in [2.05, 4.69) is 16.8 Å². The van der Waals surface area contributed by atoms with Gasteiger partial charge in [-0.3, -0.25) is 0 Å². The summed E-state index contributed by atoms with van der Waals surface area (Å²) in [5.74, 6) is 1.72. The Balaban J connectivity index is 2.07. The molecule has 0 radical (unpaired) electrons. The molecule has 1 aromatic heterocycles. The largest absolute Gasteiger partial charge is 0.357 e. The Hall–Kier alpha value is -1.10. The third-order valence-corrected chi connectivity index (χ3v) is 4.76. The molecule has 0 unspecified atom stereocenters. The minimum atomic E-state index is -3.14. The quantitative estimate of drug-likeness (QED) is 0.842. The molecule has 2 heterocycles. The van der Waals surface area contributed by atoms with Crippen LogP contribution in [0.4, 0.5) is 5.82 Å². The molecule has 100 valence electrons.